The normalized spacial score (nSPS) is 13.9. The molecule has 47 heavy (non-hydrogen) atoms. The Hall–Kier alpha value is -5.39. The molecule has 0 bridgehead atoms. The van der Waals surface area contributed by atoms with Crippen molar-refractivity contribution in [2.75, 3.05) is 18.0 Å². The smallest absolute Gasteiger partial charge is 0.348 e. The summed E-state index contributed by atoms with van der Waals surface area (Å²) in [6, 6.07) is 19.6. The molecular formula is C35H29F4N5O3. The van der Waals surface area contributed by atoms with E-state index in [9.17, 15) is 31.9 Å². The largest absolute Gasteiger partial charge is 0.416 e. The number of amides is 1. The maximum atomic E-state index is 13.3. The van der Waals surface area contributed by atoms with Gasteiger partial charge in [0, 0.05) is 48.1 Å². The Kier molecular flexibility index (Phi) is 8.59. The predicted molar refractivity (Wildman–Crippen MR) is 168 cm³/mol. The van der Waals surface area contributed by atoms with E-state index in [0.717, 1.165) is 12.1 Å². The van der Waals surface area contributed by atoms with Crippen LogP contribution in [0.4, 0.5) is 23.5 Å². The van der Waals surface area contributed by atoms with E-state index < -0.39 is 23.5 Å². The Morgan fingerprint density at radius 3 is 2.13 bits per heavy atom. The number of pyridine rings is 1. The van der Waals surface area contributed by atoms with E-state index in [4.69, 9.17) is 9.97 Å². The van der Waals surface area contributed by atoms with Crippen LogP contribution >= 0.6 is 0 Å². The summed E-state index contributed by atoms with van der Waals surface area (Å²) in [5, 5.41) is 3.37. The van der Waals surface area contributed by atoms with Crippen LogP contribution in [0.5, 0.6) is 0 Å². The number of halogens is 4. The molecule has 0 unspecified atom stereocenters. The third kappa shape index (κ3) is 6.76. The number of anilines is 1. The summed E-state index contributed by atoms with van der Waals surface area (Å²) in [5.74, 6) is -0.618. The van der Waals surface area contributed by atoms with Crippen molar-refractivity contribution in [2.45, 2.75) is 32.5 Å². The van der Waals surface area contributed by atoms with Crippen LogP contribution in [-0.2, 0) is 12.7 Å². The number of rotatable bonds is 7. The monoisotopic (exact) mass is 643 g/mol. The van der Waals surface area contributed by atoms with Gasteiger partial charge in [-0.15, -0.1) is 0 Å². The fraction of sp³-hybridized carbons (Fsp3) is 0.229. The van der Waals surface area contributed by atoms with Crippen molar-refractivity contribution in [2.24, 2.45) is 5.92 Å². The van der Waals surface area contributed by atoms with Gasteiger partial charge in [-0.25, -0.2) is 9.37 Å². The highest BCUT2D eigenvalue weighted by Gasteiger charge is 2.30. The van der Waals surface area contributed by atoms with Crippen LogP contribution in [0, 0.1) is 18.7 Å². The number of nitrogens with one attached hydrogen (secondary N) is 1. The van der Waals surface area contributed by atoms with Crippen LogP contribution in [-0.4, -0.2) is 39.3 Å². The highest BCUT2D eigenvalue weighted by molar-refractivity contribution is 5.98. The highest BCUT2D eigenvalue weighted by Crippen LogP contribution is 2.29. The quantitative estimate of drug-likeness (QED) is 0.166. The van der Waals surface area contributed by atoms with E-state index in [1.165, 1.54) is 47.0 Å². The van der Waals surface area contributed by atoms with Gasteiger partial charge in [0.05, 0.1) is 16.9 Å². The summed E-state index contributed by atoms with van der Waals surface area (Å²) >= 11 is 0. The van der Waals surface area contributed by atoms with Gasteiger partial charge in [-0.05, 0) is 92.1 Å². The lowest BCUT2D eigenvalue weighted by Crippen LogP contribution is -2.37. The van der Waals surface area contributed by atoms with Crippen molar-refractivity contribution in [1.29, 1.82) is 0 Å². The first-order valence-electron chi connectivity index (χ1n) is 15.0. The lowest BCUT2D eigenvalue weighted by atomic mass is 9.89. The standard InChI is InChI=1S/C35H29F4N5O3/c1-21-29-14-15-30(45)44(28-12-6-25(7-13-28)33(47)40-20-22-2-8-26(9-3-22)35(37,38)39)32(29)42-34(41-21)43-18-16-24(17-19-43)31(46)23-4-10-27(36)11-5-23/h2-15,24H,16-20H2,1H3,(H,40,47). The molecule has 240 valence electrons. The van der Waals surface area contributed by atoms with Crippen molar-refractivity contribution < 1.29 is 27.2 Å². The van der Waals surface area contributed by atoms with E-state index in [0.29, 0.717) is 71.0 Å². The average molecular weight is 644 g/mol. The molecule has 1 amide bonds. The third-order valence-corrected chi connectivity index (χ3v) is 8.33. The van der Waals surface area contributed by atoms with Crippen LogP contribution in [0.3, 0.4) is 0 Å². The summed E-state index contributed by atoms with van der Waals surface area (Å²) in [5.41, 5.74) is 1.75. The molecule has 5 aromatic rings. The number of aromatic nitrogens is 3. The zero-order valence-corrected chi connectivity index (χ0v) is 25.2. The minimum absolute atomic E-state index is 0.0224. The number of aryl methyl sites for hydroxylation is 1. The summed E-state index contributed by atoms with van der Waals surface area (Å²) in [4.78, 5) is 50.3. The number of carbonyl (C=O) groups is 2. The number of fused-ring (bicyclic) bond motifs is 1. The Morgan fingerprint density at radius 2 is 1.49 bits per heavy atom. The Labute approximate surface area is 266 Å². The van der Waals surface area contributed by atoms with Crippen molar-refractivity contribution in [1.82, 2.24) is 19.9 Å². The lowest BCUT2D eigenvalue weighted by molar-refractivity contribution is -0.137. The molecule has 6 rings (SSSR count). The Balaban J connectivity index is 1.18. The SMILES string of the molecule is Cc1nc(N2CCC(C(=O)c3ccc(F)cc3)CC2)nc2c1ccc(=O)n2-c1ccc(C(=O)NCc2ccc(C(F)(F)F)cc2)cc1. The van der Waals surface area contributed by atoms with E-state index >= 15 is 0 Å². The van der Waals surface area contributed by atoms with E-state index in [2.05, 4.69) is 5.32 Å². The number of ketones is 1. The molecule has 0 spiro atoms. The maximum Gasteiger partial charge on any atom is 0.416 e. The minimum Gasteiger partial charge on any atom is -0.348 e. The number of benzene rings is 3. The first-order chi connectivity index (χ1) is 22.5. The molecule has 12 heteroatoms. The van der Waals surface area contributed by atoms with Gasteiger partial charge >= 0.3 is 6.18 Å². The Morgan fingerprint density at radius 1 is 0.851 bits per heavy atom. The zero-order chi connectivity index (χ0) is 33.3. The van der Waals surface area contributed by atoms with E-state index in [1.807, 2.05) is 11.8 Å². The summed E-state index contributed by atoms with van der Waals surface area (Å²) in [6.07, 6.45) is -3.30. The second kappa shape index (κ2) is 12.8. The van der Waals surface area contributed by atoms with Gasteiger partial charge in [-0.1, -0.05) is 12.1 Å². The fourth-order valence-electron chi connectivity index (χ4n) is 5.69. The van der Waals surface area contributed by atoms with Gasteiger partial charge in [-0.2, -0.15) is 18.2 Å². The molecule has 1 N–H and O–H groups in total. The van der Waals surface area contributed by atoms with Gasteiger partial charge in [0.1, 0.15) is 5.82 Å². The van der Waals surface area contributed by atoms with E-state index in [-0.39, 0.29) is 23.8 Å². The molecule has 3 aromatic carbocycles. The fourth-order valence-corrected chi connectivity index (χ4v) is 5.69. The second-order valence-electron chi connectivity index (χ2n) is 11.4. The van der Waals surface area contributed by atoms with Crippen LogP contribution < -0.4 is 15.8 Å². The van der Waals surface area contributed by atoms with Crippen molar-refractivity contribution >= 4 is 28.7 Å². The molecule has 0 radical (unpaired) electrons. The topological polar surface area (TPSA) is 97.2 Å². The van der Waals surface area contributed by atoms with Crippen LogP contribution in [0.25, 0.3) is 16.7 Å². The molecule has 0 aliphatic carbocycles. The molecule has 1 aliphatic rings. The first-order valence-corrected chi connectivity index (χ1v) is 15.0. The molecule has 3 heterocycles. The molecule has 1 fully saturated rings. The van der Waals surface area contributed by atoms with E-state index in [1.54, 1.807) is 30.3 Å². The van der Waals surface area contributed by atoms with Gasteiger partial charge in [0.25, 0.3) is 11.5 Å². The average Bonchev–Trinajstić information content (AvgIpc) is 3.07. The number of nitrogens with zero attached hydrogens (tertiary/aromatic N) is 4. The number of piperidine rings is 1. The second-order valence-corrected chi connectivity index (χ2v) is 11.4. The number of alkyl halides is 3. The summed E-state index contributed by atoms with van der Waals surface area (Å²) in [6.45, 7) is 2.92. The third-order valence-electron chi connectivity index (χ3n) is 8.33. The zero-order valence-electron chi connectivity index (χ0n) is 25.2. The minimum atomic E-state index is -4.44. The first kappa shape index (κ1) is 31.6. The van der Waals surface area contributed by atoms with Gasteiger partial charge < -0.3 is 10.2 Å². The molecule has 0 saturated carbocycles. The number of Topliss-reactive ketones (excluding diaryl/α,β-unsaturated/α-hetero) is 1. The Bertz CT molecular complexity index is 2000. The maximum absolute atomic E-state index is 13.3. The number of hydrogen-bond donors (Lipinski definition) is 1. The molecular weight excluding hydrogens is 614 g/mol. The number of carbonyl (C=O) groups excluding carboxylic acids is 2. The number of hydrogen-bond acceptors (Lipinski definition) is 6. The van der Waals surface area contributed by atoms with Gasteiger partial charge in [-0.3, -0.25) is 19.0 Å². The predicted octanol–water partition coefficient (Wildman–Crippen LogP) is 6.28. The summed E-state index contributed by atoms with van der Waals surface area (Å²) in [7, 11) is 0. The molecule has 8 nitrogen and oxygen atoms in total. The molecule has 2 aromatic heterocycles. The van der Waals surface area contributed by atoms with Gasteiger partial charge in [0.2, 0.25) is 5.95 Å². The van der Waals surface area contributed by atoms with Crippen LogP contribution in [0.15, 0.2) is 89.7 Å². The summed E-state index contributed by atoms with van der Waals surface area (Å²) < 4.78 is 53.2. The lowest BCUT2D eigenvalue weighted by Gasteiger charge is -2.31. The van der Waals surface area contributed by atoms with Crippen molar-refractivity contribution in [3.8, 4) is 5.69 Å². The molecule has 1 saturated heterocycles. The van der Waals surface area contributed by atoms with Crippen LogP contribution in [0.1, 0.15) is 50.4 Å². The van der Waals surface area contributed by atoms with Crippen LogP contribution in [0.2, 0.25) is 0 Å². The van der Waals surface area contributed by atoms with Crippen molar-refractivity contribution in [3.63, 3.8) is 0 Å². The highest BCUT2D eigenvalue weighted by atomic mass is 19.4. The molecule has 0 atom stereocenters. The van der Waals surface area contributed by atoms with Gasteiger partial charge in [0.15, 0.2) is 11.4 Å². The molecule has 1 aliphatic heterocycles. The van der Waals surface area contributed by atoms with Crippen molar-refractivity contribution in [3.05, 3.63) is 129 Å².